The quantitative estimate of drug-likeness (QED) is 0.750. The number of ether oxygens (including phenoxy) is 2. The summed E-state index contributed by atoms with van der Waals surface area (Å²) in [6, 6.07) is 10.0. The molecule has 3 rings (SSSR count). The molecule has 1 aliphatic rings. The molecule has 7 nitrogen and oxygen atoms in total. The van der Waals surface area contributed by atoms with Gasteiger partial charge in [-0.25, -0.2) is 8.42 Å². The van der Waals surface area contributed by atoms with Gasteiger partial charge in [0.2, 0.25) is 5.91 Å². The number of aryl methyl sites for hydroxylation is 1. The van der Waals surface area contributed by atoms with Crippen LogP contribution >= 0.6 is 0 Å². The first-order valence-electron chi connectivity index (χ1n) is 9.91. The van der Waals surface area contributed by atoms with Gasteiger partial charge < -0.3 is 14.4 Å². The molecule has 0 spiro atoms. The van der Waals surface area contributed by atoms with Crippen LogP contribution in [-0.4, -0.2) is 34.6 Å². The minimum absolute atomic E-state index is 0.0294. The van der Waals surface area contributed by atoms with Crippen LogP contribution < -0.4 is 19.1 Å². The lowest BCUT2D eigenvalue weighted by Gasteiger charge is -2.26. The van der Waals surface area contributed by atoms with E-state index in [1.807, 2.05) is 33.8 Å². The van der Waals surface area contributed by atoms with Gasteiger partial charge in [-0.05, 0) is 57.0 Å². The molecule has 0 unspecified atom stereocenters. The van der Waals surface area contributed by atoms with E-state index in [4.69, 9.17) is 9.47 Å². The summed E-state index contributed by atoms with van der Waals surface area (Å²) in [5.74, 6) is 0.707. The molecular weight excluding hydrogens is 404 g/mol. The summed E-state index contributed by atoms with van der Waals surface area (Å²) >= 11 is 0. The van der Waals surface area contributed by atoms with Gasteiger partial charge in [-0.15, -0.1) is 0 Å². The van der Waals surface area contributed by atoms with Crippen molar-refractivity contribution in [3.63, 3.8) is 0 Å². The number of nitrogens with zero attached hydrogens (tertiary/aromatic N) is 1. The van der Waals surface area contributed by atoms with Gasteiger partial charge in [0, 0.05) is 12.6 Å². The van der Waals surface area contributed by atoms with E-state index in [0.717, 1.165) is 5.56 Å². The Morgan fingerprint density at radius 2 is 1.90 bits per heavy atom. The second-order valence-corrected chi connectivity index (χ2v) is 9.50. The molecule has 0 aliphatic carbocycles. The van der Waals surface area contributed by atoms with Gasteiger partial charge in [0.25, 0.3) is 10.0 Å². The van der Waals surface area contributed by atoms with Crippen molar-refractivity contribution in [3.05, 3.63) is 42.0 Å². The Kier molecular flexibility index (Phi) is 5.99. The molecule has 1 heterocycles. The van der Waals surface area contributed by atoms with E-state index in [9.17, 15) is 13.2 Å². The third-order valence-corrected chi connectivity index (χ3v) is 6.56. The number of amides is 1. The van der Waals surface area contributed by atoms with Crippen LogP contribution in [0.3, 0.4) is 0 Å². The van der Waals surface area contributed by atoms with E-state index in [1.54, 1.807) is 35.2 Å². The fourth-order valence-corrected chi connectivity index (χ4v) is 4.66. The van der Waals surface area contributed by atoms with Gasteiger partial charge in [0.1, 0.15) is 23.0 Å². The number of hydrogen-bond acceptors (Lipinski definition) is 5. The molecule has 162 valence electrons. The van der Waals surface area contributed by atoms with Gasteiger partial charge >= 0.3 is 0 Å². The number of carbonyl (C=O) groups is 1. The van der Waals surface area contributed by atoms with E-state index in [-0.39, 0.29) is 23.2 Å². The third-order valence-electron chi connectivity index (χ3n) is 5.16. The fraction of sp³-hybridized carbons (Fsp3) is 0.409. The van der Waals surface area contributed by atoms with Crippen LogP contribution in [-0.2, 0) is 21.2 Å². The van der Waals surface area contributed by atoms with Gasteiger partial charge in [0.15, 0.2) is 0 Å². The average Bonchev–Trinajstić information content (AvgIpc) is 2.81. The summed E-state index contributed by atoms with van der Waals surface area (Å²) in [6.45, 7) is 8.22. The Hall–Kier alpha value is -2.74. The fourth-order valence-electron chi connectivity index (χ4n) is 3.39. The first kappa shape index (κ1) is 22.0. The maximum Gasteiger partial charge on any atom is 0.265 e. The molecule has 0 saturated heterocycles. The highest BCUT2D eigenvalue weighted by Crippen LogP contribution is 2.38. The maximum atomic E-state index is 13.1. The van der Waals surface area contributed by atoms with E-state index >= 15 is 0 Å². The van der Waals surface area contributed by atoms with Crippen molar-refractivity contribution in [2.45, 2.75) is 39.0 Å². The van der Waals surface area contributed by atoms with Gasteiger partial charge in [-0.2, -0.15) is 0 Å². The Morgan fingerprint density at radius 3 is 2.53 bits per heavy atom. The minimum Gasteiger partial charge on any atom is -0.495 e. The minimum atomic E-state index is -3.89. The molecule has 0 atom stereocenters. The molecule has 0 bridgehead atoms. The average molecular weight is 433 g/mol. The summed E-state index contributed by atoms with van der Waals surface area (Å²) in [5, 5.41) is 0. The van der Waals surface area contributed by atoms with Gasteiger partial charge in [0.05, 0.1) is 23.9 Å². The van der Waals surface area contributed by atoms with Crippen LogP contribution in [0.2, 0.25) is 0 Å². The molecule has 0 aromatic heterocycles. The Balaban J connectivity index is 1.98. The first-order chi connectivity index (χ1) is 14.1. The van der Waals surface area contributed by atoms with Crippen molar-refractivity contribution in [2.24, 2.45) is 5.41 Å². The number of anilines is 2. The van der Waals surface area contributed by atoms with Crippen molar-refractivity contribution < 1.29 is 22.7 Å². The number of benzene rings is 2. The lowest BCUT2D eigenvalue weighted by atomic mass is 9.93. The van der Waals surface area contributed by atoms with Crippen LogP contribution in [0, 0.1) is 5.41 Å². The second kappa shape index (κ2) is 8.18. The molecular formula is C22H28N2O5S. The maximum absolute atomic E-state index is 13.1. The smallest absolute Gasteiger partial charge is 0.265 e. The molecule has 1 N–H and O–H groups in total. The van der Waals surface area contributed by atoms with Crippen LogP contribution in [0.25, 0.3) is 0 Å². The molecule has 2 aromatic carbocycles. The topological polar surface area (TPSA) is 84.9 Å². The standard InChI is InChI=1S/C22H28N2O5S/c1-6-15-8-11-18(28-5)20(12-15)30(26,27)23-16-9-10-17-19(13-16)29-14-22(3,4)21(25)24(17)7-2/h8-13,23H,6-7,14H2,1-5H3. The van der Waals surface area contributed by atoms with Crippen molar-refractivity contribution in [1.82, 2.24) is 0 Å². The summed E-state index contributed by atoms with van der Waals surface area (Å²) in [7, 11) is -2.45. The van der Waals surface area contributed by atoms with E-state index in [1.165, 1.54) is 7.11 Å². The second-order valence-electron chi connectivity index (χ2n) is 7.85. The lowest BCUT2D eigenvalue weighted by Crippen LogP contribution is -2.42. The monoisotopic (exact) mass is 432 g/mol. The lowest BCUT2D eigenvalue weighted by molar-refractivity contribution is -0.127. The molecule has 30 heavy (non-hydrogen) atoms. The van der Waals surface area contributed by atoms with E-state index in [0.29, 0.717) is 30.1 Å². The van der Waals surface area contributed by atoms with E-state index < -0.39 is 15.4 Å². The number of sulfonamides is 1. The highest BCUT2D eigenvalue weighted by molar-refractivity contribution is 7.92. The molecule has 1 amide bonds. The highest BCUT2D eigenvalue weighted by atomic mass is 32.2. The van der Waals surface area contributed by atoms with Crippen LogP contribution in [0.1, 0.15) is 33.3 Å². The number of fused-ring (bicyclic) bond motifs is 1. The van der Waals surface area contributed by atoms with Gasteiger partial charge in [-0.1, -0.05) is 13.0 Å². The largest absolute Gasteiger partial charge is 0.495 e. The molecule has 0 fully saturated rings. The predicted molar refractivity (Wildman–Crippen MR) is 117 cm³/mol. The van der Waals surface area contributed by atoms with Crippen molar-refractivity contribution in [1.29, 1.82) is 0 Å². The van der Waals surface area contributed by atoms with Crippen molar-refractivity contribution in [3.8, 4) is 11.5 Å². The van der Waals surface area contributed by atoms with Crippen LogP contribution in [0.15, 0.2) is 41.3 Å². The zero-order valence-electron chi connectivity index (χ0n) is 18.0. The first-order valence-corrected chi connectivity index (χ1v) is 11.4. The number of rotatable bonds is 6. The Bertz CT molecular complexity index is 1060. The van der Waals surface area contributed by atoms with Gasteiger partial charge in [-0.3, -0.25) is 9.52 Å². The highest BCUT2D eigenvalue weighted by Gasteiger charge is 2.37. The molecule has 2 aromatic rings. The normalized spacial score (nSPS) is 15.8. The molecule has 0 radical (unpaired) electrons. The SMILES string of the molecule is CCc1ccc(OC)c(S(=O)(=O)Nc2ccc3c(c2)OCC(C)(C)C(=O)N3CC)c1. The summed E-state index contributed by atoms with van der Waals surface area (Å²) in [4.78, 5) is 14.5. The Labute approximate surface area is 178 Å². The molecule has 0 saturated carbocycles. The van der Waals surface area contributed by atoms with Crippen LogP contribution in [0.4, 0.5) is 11.4 Å². The predicted octanol–water partition coefficient (Wildman–Crippen LogP) is 3.83. The number of hydrogen-bond donors (Lipinski definition) is 1. The summed E-state index contributed by atoms with van der Waals surface area (Å²) in [5.41, 5.74) is 1.19. The van der Waals surface area contributed by atoms with Crippen molar-refractivity contribution in [2.75, 3.05) is 29.9 Å². The zero-order valence-corrected chi connectivity index (χ0v) is 18.8. The number of methoxy groups -OCH3 is 1. The molecule has 1 aliphatic heterocycles. The Morgan fingerprint density at radius 1 is 1.17 bits per heavy atom. The summed E-state index contributed by atoms with van der Waals surface area (Å²) in [6.07, 6.45) is 0.704. The van der Waals surface area contributed by atoms with Crippen molar-refractivity contribution >= 4 is 27.3 Å². The summed E-state index contributed by atoms with van der Waals surface area (Å²) < 4.78 is 39.9. The van der Waals surface area contributed by atoms with E-state index in [2.05, 4.69) is 4.72 Å². The molecule has 8 heteroatoms. The van der Waals surface area contributed by atoms with Crippen LogP contribution in [0.5, 0.6) is 11.5 Å². The number of nitrogens with one attached hydrogen (secondary N) is 1. The number of carbonyl (C=O) groups excluding carboxylic acids is 1. The zero-order chi connectivity index (χ0) is 22.1. The third kappa shape index (κ3) is 4.09.